The van der Waals surface area contributed by atoms with E-state index in [1.165, 1.54) is 45.2 Å². The first kappa shape index (κ1) is 12.4. The van der Waals surface area contributed by atoms with Gasteiger partial charge in [0.15, 0.2) is 0 Å². The molecule has 3 saturated heterocycles. The molecule has 4 heteroatoms. The van der Waals surface area contributed by atoms with Crippen LogP contribution in [0.5, 0.6) is 0 Å². The highest BCUT2D eigenvalue weighted by molar-refractivity contribution is 5.81. The lowest BCUT2D eigenvalue weighted by molar-refractivity contribution is -0.123. The van der Waals surface area contributed by atoms with E-state index in [9.17, 15) is 4.79 Å². The number of fused-ring (bicyclic) bond motifs is 1. The van der Waals surface area contributed by atoms with Crippen molar-refractivity contribution in [2.75, 3.05) is 19.6 Å². The summed E-state index contributed by atoms with van der Waals surface area (Å²) in [5.41, 5.74) is 0. The average molecular weight is 251 g/mol. The van der Waals surface area contributed by atoms with Gasteiger partial charge in [-0.3, -0.25) is 4.79 Å². The second kappa shape index (κ2) is 5.57. The summed E-state index contributed by atoms with van der Waals surface area (Å²) >= 11 is 0. The van der Waals surface area contributed by atoms with E-state index in [1.54, 1.807) is 0 Å². The predicted octanol–water partition coefficient (Wildman–Crippen LogP) is 0.871. The number of rotatable bonds is 2. The Balaban J connectivity index is 1.54. The van der Waals surface area contributed by atoms with Gasteiger partial charge in [-0.15, -0.1) is 0 Å². The Morgan fingerprint density at radius 1 is 1.11 bits per heavy atom. The van der Waals surface area contributed by atoms with E-state index in [-0.39, 0.29) is 11.9 Å². The largest absolute Gasteiger partial charge is 0.355 e. The molecule has 2 N–H and O–H groups in total. The second-order valence-corrected chi connectivity index (χ2v) is 6.06. The van der Waals surface area contributed by atoms with Gasteiger partial charge in [-0.2, -0.15) is 0 Å². The number of hydrogen-bond acceptors (Lipinski definition) is 3. The zero-order chi connectivity index (χ0) is 12.4. The third-order valence-electron chi connectivity index (χ3n) is 4.79. The molecular formula is C14H25N3O. The summed E-state index contributed by atoms with van der Waals surface area (Å²) in [4.78, 5) is 14.6. The average Bonchev–Trinajstić information content (AvgIpc) is 2.75. The lowest BCUT2D eigenvalue weighted by Gasteiger charge is -2.36. The maximum absolute atomic E-state index is 11.9. The number of amides is 1. The van der Waals surface area contributed by atoms with E-state index in [0.717, 1.165) is 25.4 Å². The van der Waals surface area contributed by atoms with Crippen LogP contribution in [0.4, 0.5) is 0 Å². The SMILES string of the molecule is O=C1NCCCCC1NC1CCN2CCCC2C1. The van der Waals surface area contributed by atoms with Crippen molar-refractivity contribution in [2.24, 2.45) is 0 Å². The van der Waals surface area contributed by atoms with Gasteiger partial charge in [0.25, 0.3) is 0 Å². The first-order valence-electron chi connectivity index (χ1n) is 7.61. The second-order valence-electron chi connectivity index (χ2n) is 6.06. The molecule has 1 amide bonds. The minimum Gasteiger partial charge on any atom is -0.355 e. The number of carbonyl (C=O) groups is 1. The lowest BCUT2D eigenvalue weighted by atomic mass is 9.96. The molecule has 3 heterocycles. The van der Waals surface area contributed by atoms with Gasteiger partial charge in [-0.05, 0) is 58.0 Å². The van der Waals surface area contributed by atoms with E-state index >= 15 is 0 Å². The standard InChI is InChI=1S/C14H25N3O/c18-14-13(5-1-2-7-15-14)16-11-6-9-17-8-3-4-12(17)10-11/h11-13,16H,1-10H2,(H,15,18). The zero-order valence-electron chi connectivity index (χ0n) is 11.2. The molecular weight excluding hydrogens is 226 g/mol. The molecule has 0 aromatic carbocycles. The molecule has 3 atom stereocenters. The number of nitrogens with one attached hydrogen (secondary N) is 2. The van der Waals surface area contributed by atoms with E-state index in [4.69, 9.17) is 0 Å². The van der Waals surface area contributed by atoms with E-state index < -0.39 is 0 Å². The Kier molecular flexibility index (Phi) is 3.85. The molecule has 4 nitrogen and oxygen atoms in total. The summed E-state index contributed by atoms with van der Waals surface area (Å²) < 4.78 is 0. The van der Waals surface area contributed by atoms with Crippen LogP contribution in [0.15, 0.2) is 0 Å². The maximum Gasteiger partial charge on any atom is 0.237 e. The van der Waals surface area contributed by atoms with Gasteiger partial charge >= 0.3 is 0 Å². The van der Waals surface area contributed by atoms with Gasteiger partial charge in [0.2, 0.25) is 5.91 Å². The van der Waals surface area contributed by atoms with Gasteiger partial charge in [-0.1, -0.05) is 0 Å². The molecule has 0 bridgehead atoms. The van der Waals surface area contributed by atoms with Crippen LogP contribution in [0, 0.1) is 0 Å². The summed E-state index contributed by atoms with van der Waals surface area (Å²) in [6, 6.07) is 1.40. The Labute approximate surface area is 109 Å². The van der Waals surface area contributed by atoms with Crippen molar-refractivity contribution in [2.45, 2.75) is 63.1 Å². The summed E-state index contributed by atoms with van der Waals surface area (Å²) in [5.74, 6) is 0.223. The molecule has 0 aromatic rings. The molecule has 0 radical (unpaired) electrons. The molecule has 102 valence electrons. The van der Waals surface area contributed by atoms with Crippen LogP contribution in [0.3, 0.4) is 0 Å². The van der Waals surface area contributed by atoms with Crippen molar-refractivity contribution < 1.29 is 4.79 Å². The first-order valence-corrected chi connectivity index (χ1v) is 7.61. The van der Waals surface area contributed by atoms with Crippen LogP contribution in [-0.2, 0) is 4.79 Å². The third kappa shape index (κ3) is 2.69. The molecule has 0 aromatic heterocycles. The Morgan fingerprint density at radius 3 is 3.00 bits per heavy atom. The van der Waals surface area contributed by atoms with Crippen molar-refractivity contribution >= 4 is 5.91 Å². The minimum atomic E-state index is 0.0606. The topological polar surface area (TPSA) is 44.4 Å². The molecule has 0 spiro atoms. The fourth-order valence-corrected chi connectivity index (χ4v) is 3.76. The smallest absolute Gasteiger partial charge is 0.237 e. The monoisotopic (exact) mass is 251 g/mol. The van der Waals surface area contributed by atoms with Gasteiger partial charge < -0.3 is 15.5 Å². The molecule has 3 fully saturated rings. The number of hydrogen-bond donors (Lipinski definition) is 2. The predicted molar refractivity (Wildman–Crippen MR) is 71.4 cm³/mol. The summed E-state index contributed by atoms with van der Waals surface area (Å²) in [6.07, 6.45) is 8.47. The van der Waals surface area contributed by atoms with E-state index in [1.807, 2.05) is 0 Å². The molecule has 0 saturated carbocycles. The Morgan fingerprint density at radius 2 is 2.06 bits per heavy atom. The normalized spacial score (nSPS) is 38.0. The van der Waals surface area contributed by atoms with Crippen molar-refractivity contribution in [3.63, 3.8) is 0 Å². The number of nitrogens with zero attached hydrogens (tertiary/aromatic N) is 1. The van der Waals surface area contributed by atoms with Crippen LogP contribution in [0.25, 0.3) is 0 Å². The van der Waals surface area contributed by atoms with Gasteiger partial charge in [0, 0.05) is 18.6 Å². The summed E-state index contributed by atoms with van der Waals surface area (Å²) in [6.45, 7) is 3.37. The quantitative estimate of drug-likeness (QED) is 0.765. The molecule has 18 heavy (non-hydrogen) atoms. The van der Waals surface area contributed by atoms with Crippen molar-refractivity contribution in [1.29, 1.82) is 0 Å². The first-order chi connectivity index (χ1) is 8.83. The molecule has 3 aliphatic rings. The van der Waals surface area contributed by atoms with E-state index in [2.05, 4.69) is 15.5 Å². The molecule has 3 unspecified atom stereocenters. The molecule has 3 aliphatic heterocycles. The summed E-state index contributed by atoms with van der Waals surface area (Å²) in [5, 5.41) is 6.64. The van der Waals surface area contributed by atoms with Crippen LogP contribution in [0.1, 0.15) is 44.9 Å². The van der Waals surface area contributed by atoms with Crippen molar-refractivity contribution in [3.05, 3.63) is 0 Å². The highest BCUT2D eigenvalue weighted by atomic mass is 16.2. The van der Waals surface area contributed by atoms with Crippen LogP contribution < -0.4 is 10.6 Å². The third-order valence-corrected chi connectivity index (χ3v) is 4.79. The Hall–Kier alpha value is -0.610. The lowest BCUT2D eigenvalue weighted by Crippen LogP contribution is -2.52. The Bertz CT molecular complexity index is 307. The van der Waals surface area contributed by atoms with Gasteiger partial charge in [0.1, 0.15) is 0 Å². The fourth-order valence-electron chi connectivity index (χ4n) is 3.76. The fraction of sp³-hybridized carbons (Fsp3) is 0.929. The maximum atomic E-state index is 11.9. The molecule has 3 rings (SSSR count). The van der Waals surface area contributed by atoms with Gasteiger partial charge in [0.05, 0.1) is 6.04 Å². The van der Waals surface area contributed by atoms with Crippen molar-refractivity contribution in [1.82, 2.24) is 15.5 Å². The van der Waals surface area contributed by atoms with Crippen molar-refractivity contribution in [3.8, 4) is 0 Å². The summed E-state index contributed by atoms with van der Waals surface area (Å²) in [7, 11) is 0. The van der Waals surface area contributed by atoms with Gasteiger partial charge in [-0.25, -0.2) is 0 Å². The number of piperidine rings is 1. The highest BCUT2D eigenvalue weighted by Gasteiger charge is 2.33. The van der Waals surface area contributed by atoms with Crippen LogP contribution >= 0.6 is 0 Å². The molecule has 0 aliphatic carbocycles. The minimum absolute atomic E-state index is 0.0606. The van der Waals surface area contributed by atoms with E-state index in [0.29, 0.717) is 6.04 Å². The zero-order valence-corrected chi connectivity index (χ0v) is 11.2. The number of carbonyl (C=O) groups excluding carboxylic acids is 1. The van der Waals surface area contributed by atoms with Crippen LogP contribution in [-0.4, -0.2) is 48.6 Å². The van der Waals surface area contributed by atoms with Crippen LogP contribution in [0.2, 0.25) is 0 Å². The highest BCUT2D eigenvalue weighted by Crippen LogP contribution is 2.27.